The molecule has 27 heavy (non-hydrogen) atoms. The first kappa shape index (κ1) is 18.6. The first-order valence-electron chi connectivity index (χ1n) is 9.47. The number of hydrogen-bond acceptors (Lipinski definition) is 6. The van der Waals surface area contributed by atoms with E-state index in [-0.39, 0.29) is 5.91 Å². The van der Waals surface area contributed by atoms with Gasteiger partial charge in [0.05, 0.1) is 38.5 Å². The number of aromatic nitrogens is 1. The van der Waals surface area contributed by atoms with Gasteiger partial charge in [-0.15, -0.1) is 11.3 Å². The molecule has 4 rings (SSSR count). The van der Waals surface area contributed by atoms with Crippen LogP contribution in [0.2, 0.25) is 0 Å². The highest BCUT2D eigenvalue weighted by Crippen LogP contribution is 2.25. The third-order valence-corrected chi connectivity index (χ3v) is 5.87. The highest BCUT2D eigenvalue weighted by molar-refractivity contribution is 7.13. The molecule has 0 aliphatic carbocycles. The number of rotatable bonds is 5. The highest BCUT2D eigenvalue weighted by atomic mass is 32.1. The Morgan fingerprint density at radius 1 is 1.07 bits per heavy atom. The summed E-state index contributed by atoms with van der Waals surface area (Å²) in [6.07, 6.45) is 0.365. The van der Waals surface area contributed by atoms with Gasteiger partial charge in [0, 0.05) is 43.7 Å². The summed E-state index contributed by atoms with van der Waals surface area (Å²) in [5, 5.41) is 2.98. The maximum atomic E-state index is 12.4. The van der Waals surface area contributed by atoms with E-state index in [9.17, 15) is 4.79 Å². The highest BCUT2D eigenvalue weighted by Gasteiger charge is 2.18. The third kappa shape index (κ3) is 4.93. The van der Waals surface area contributed by atoms with Gasteiger partial charge in [-0.25, -0.2) is 4.98 Å². The molecule has 0 spiro atoms. The van der Waals surface area contributed by atoms with Crippen LogP contribution in [0.1, 0.15) is 11.3 Å². The number of thiazole rings is 1. The van der Waals surface area contributed by atoms with Gasteiger partial charge in [0.2, 0.25) is 5.91 Å². The first-order valence-corrected chi connectivity index (χ1v) is 10.4. The molecule has 1 aromatic heterocycles. The molecule has 2 aliphatic rings. The van der Waals surface area contributed by atoms with E-state index in [1.54, 1.807) is 11.3 Å². The largest absolute Gasteiger partial charge is 0.379 e. The molecule has 2 saturated heterocycles. The van der Waals surface area contributed by atoms with Crippen LogP contribution in [-0.4, -0.2) is 73.3 Å². The number of carbonyl (C=O) groups is 1. The molecule has 6 nitrogen and oxygen atoms in total. The summed E-state index contributed by atoms with van der Waals surface area (Å²) >= 11 is 1.61. The monoisotopic (exact) mass is 387 g/mol. The number of amides is 1. The van der Waals surface area contributed by atoms with Crippen molar-refractivity contribution < 1.29 is 14.3 Å². The molecule has 2 aliphatic heterocycles. The van der Waals surface area contributed by atoms with Crippen LogP contribution in [0.5, 0.6) is 0 Å². The molecule has 0 saturated carbocycles. The first-order chi connectivity index (χ1) is 13.3. The lowest BCUT2D eigenvalue weighted by Gasteiger charge is -2.26. The molecule has 2 fully saturated rings. The van der Waals surface area contributed by atoms with E-state index in [0.29, 0.717) is 32.7 Å². The molecule has 0 N–H and O–H groups in total. The fraction of sp³-hybridized carbons (Fsp3) is 0.500. The van der Waals surface area contributed by atoms with Crippen molar-refractivity contribution >= 4 is 17.2 Å². The van der Waals surface area contributed by atoms with Gasteiger partial charge >= 0.3 is 0 Å². The van der Waals surface area contributed by atoms with Gasteiger partial charge in [0.25, 0.3) is 0 Å². The summed E-state index contributed by atoms with van der Waals surface area (Å²) in [7, 11) is 0. The van der Waals surface area contributed by atoms with Crippen molar-refractivity contribution in [2.24, 2.45) is 0 Å². The predicted octanol–water partition coefficient (Wildman–Crippen LogP) is 2.04. The zero-order chi connectivity index (χ0) is 18.5. The van der Waals surface area contributed by atoms with Crippen molar-refractivity contribution in [3.8, 4) is 10.6 Å². The number of carbonyl (C=O) groups excluding carboxylic acids is 1. The van der Waals surface area contributed by atoms with Gasteiger partial charge in [0.15, 0.2) is 0 Å². The molecular formula is C20H25N3O3S. The molecule has 1 aromatic carbocycles. The molecule has 0 unspecified atom stereocenters. The maximum Gasteiger partial charge on any atom is 0.228 e. The van der Waals surface area contributed by atoms with Crippen molar-refractivity contribution in [1.82, 2.24) is 14.8 Å². The Bertz CT molecular complexity index is 767. The van der Waals surface area contributed by atoms with Crippen molar-refractivity contribution in [3.63, 3.8) is 0 Å². The standard InChI is InChI=1S/C20H25N3O3S/c24-19(23-6-10-26-11-7-23)13-18-15-27-20(21-18)17-3-1-2-16(12-17)14-22-4-8-25-9-5-22/h1-3,12,15H,4-11,13-14H2. The summed E-state index contributed by atoms with van der Waals surface area (Å²) in [4.78, 5) is 21.4. The lowest BCUT2D eigenvalue weighted by molar-refractivity contribution is -0.134. The molecule has 3 heterocycles. The molecule has 0 atom stereocenters. The predicted molar refractivity (Wildman–Crippen MR) is 105 cm³/mol. The van der Waals surface area contributed by atoms with E-state index in [1.165, 1.54) is 5.56 Å². The maximum absolute atomic E-state index is 12.4. The average molecular weight is 388 g/mol. The Morgan fingerprint density at radius 2 is 1.81 bits per heavy atom. The zero-order valence-electron chi connectivity index (χ0n) is 15.4. The Hall–Kier alpha value is -1.80. The molecule has 1 amide bonds. The van der Waals surface area contributed by atoms with Crippen LogP contribution in [-0.2, 0) is 27.2 Å². The summed E-state index contributed by atoms with van der Waals surface area (Å²) in [6.45, 7) is 7.14. The van der Waals surface area contributed by atoms with E-state index < -0.39 is 0 Å². The normalized spacial score (nSPS) is 18.6. The minimum Gasteiger partial charge on any atom is -0.379 e. The number of hydrogen-bond donors (Lipinski definition) is 0. The van der Waals surface area contributed by atoms with Crippen molar-refractivity contribution in [2.45, 2.75) is 13.0 Å². The Labute approximate surface area is 163 Å². The quantitative estimate of drug-likeness (QED) is 0.786. The van der Waals surface area contributed by atoms with Crippen LogP contribution >= 0.6 is 11.3 Å². The molecular weight excluding hydrogens is 362 g/mol. The number of ether oxygens (including phenoxy) is 2. The van der Waals surface area contributed by atoms with Crippen molar-refractivity contribution in [1.29, 1.82) is 0 Å². The van der Waals surface area contributed by atoms with Crippen LogP contribution < -0.4 is 0 Å². The third-order valence-electron chi connectivity index (χ3n) is 4.93. The summed E-state index contributed by atoms with van der Waals surface area (Å²) in [5.74, 6) is 0.135. The SMILES string of the molecule is O=C(Cc1csc(-c2cccc(CN3CCOCC3)c2)n1)N1CCOCC1. The molecule has 144 valence electrons. The van der Waals surface area contributed by atoms with Gasteiger partial charge in [-0.05, 0) is 11.6 Å². The van der Waals surface area contributed by atoms with Gasteiger partial charge in [-0.3, -0.25) is 9.69 Å². The second kappa shape index (κ2) is 8.93. The van der Waals surface area contributed by atoms with E-state index in [2.05, 4.69) is 29.2 Å². The fourth-order valence-corrected chi connectivity index (χ4v) is 4.24. The van der Waals surface area contributed by atoms with Crippen molar-refractivity contribution in [3.05, 3.63) is 40.9 Å². The van der Waals surface area contributed by atoms with E-state index in [1.807, 2.05) is 10.3 Å². The Balaban J connectivity index is 1.40. The Kier molecular flexibility index (Phi) is 6.14. The molecule has 2 aromatic rings. The van der Waals surface area contributed by atoms with Gasteiger partial charge < -0.3 is 14.4 Å². The van der Waals surface area contributed by atoms with Crippen LogP contribution in [0.15, 0.2) is 29.6 Å². The molecule has 0 bridgehead atoms. The smallest absolute Gasteiger partial charge is 0.228 e. The minimum atomic E-state index is 0.135. The van der Waals surface area contributed by atoms with Gasteiger partial charge in [0.1, 0.15) is 5.01 Å². The summed E-state index contributed by atoms with van der Waals surface area (Å²) in [5.41, 5.74) is 3.26. The number of benzene rings is 1. The minimum absolute atomic E-state index is 0.135. The van der Waals surface area contributed by atoms with Crippen LogP contribution in [0, 0.1) is 0 Å². The Morgan fingerprint density at radius 3 is 2.59 bits per heavy atom. The average Bonchev–Trinajstić information content (AvgIpc) is 3.18. The topological polar surface area (TPSA) is 54.9 Å². The molecule has 0 radical (unpaired) electrons. The van der Waals surface area contributed by atoms with E-state index in [0.717, 1.165) is 49.1 Å². The molecule has 7 heteroatoms. The zero-order valence-corrected chi connectivity index (χ0v) is 16.2. The lowest BCUT2D eigenvalue weighted by atomic mass is 10.1. The van der Waals surface area contributed by atoms with Gasteiger partial charge in [-0.1, -0.05) is 18.2 Å². The lowest BCUT2D eigenvalue weighted by Crippen LogP contribution is -2.41. The van der Waals surface area contributed by atoms with Crippen molar-refractivity contribution in [2.75, 3.05) is 52.6 Å². The second-order valence-corrected chi connectivity index (χ2v) is 7.76. The van der Waals surface area contributed by atoms with Gasteiger partial charge in [-0.2, -0.15) is 0 Å². The van der Waals surface area contributed by atoms with Crippen LogP contribution in [0.3, 0.4) is 0 Å². The summed E-state index contributed by atoms with van der Waals surface area (Å²) in [6, 6.07) is 8.55. The van der Waals surface area contributed by atoms with Crippen LogP contribution in [0.25, 0.3) is 10.6 Å². The van der Waals surface area contributed by atoms with E-state index >= 15 is 0 Å². The number of nitrogens with zero attached hydrogens (tertiary/aromatic N) is 3. The van der Waals surface area contributed by atoms with Crippen LogP contribution in [0.4, 0.5) is 0 Å². The number of morpholine rings is 2. The fourth-order valence-electron chi connectivity index (χ4n) is 3.42. The second-order valence-electron chi connectivity index (χ2n) is 6.90. The summed E-state index contributed by atoms with van der Waals surface area (Å²) < 4.78 is 10.7. The van der Waals surface area contributed by atoms with E-state index in [4.69, 9.17) is 14.5 Å².